The molecule has 6 heteroatoms. The fourth-order valence-corrected chi connectivity index (χ4v) is 3.51. The van der Waals surface area contributed by atoms with Gasteiger partial charge in [0.05, 0.1) is 19.6 Å². The van der Waals surface area contributed by atoms with Gasteiger partial charge in [-0.3, -0.25) is 9.59 Å². The first kappa shape index (κ1) is 19.9. The zero-order valence-electron chi connectivity index (χ0n) is 16.0. The molecule has 0 aliphatic carbocycles. The van der Waals surface area contributed by atoms with Gasteiger partial charge < -0.3 is 15.0 Å². The van der Waals surface area contributed by atoms with Crippen LogP contribution in [0.5, 0.6) is 0 Å². The maximum atomic E-state index is 12.6. The Hall–Kier alpha value is -2.37. The smallest absolute Gasteiger partial charge is 0.328 e. The predicted octanol–water partition coefficient (Wildman–Crippen LogP) is 2.23. The normalized spacial score (nSPS) is 17.4. The molecular weight excluding hydrogens is 332 g/mol. The Bertz CT molecular complexity index is 672. The van der Waals surface area contributed by atoms with Gasteiger partial charge in [-0.1, -0.05) is 38.1 Å². The van der Waals surface area contributed by atoms with Crippen LogP contribution < -0.4 is 5.32 Å². The molecular formula is C20H28N2O4. The summed E-state index contributed by atoms with van der Waals surface area (Å²) < 4.78 is 4.80. The molecule has 1 N–H and O–H groups in total. The van der Waals surface area contributed by atoms with Crippen LogP contribution in [0, 0.1) is 5.92 Å². The molecule has 26 heavy (non-hydrogen) atoms. The number of esters is 1. The monoisotopic (exact) mass is 360 g/mol. The average Bonchev–Trinajstić information content (AvgIpc) is 2.60. The largest absolute Gasteiger partial charge is 0.467 e. The van der Waals surface area contributed by atoms with E-state index in [1.807, 2.05) is 38.1 Å². The summed E-state index contributed by atoms with van der Waals surface area (Å²) in [5.74, 6) is -0.513. The molecule has 0 spiro atoms. The molecule has 0 saturated carbocycles. The number of methoxy groups -OCH3 is 1. The molecule has 0 aromatic heterocycles. The zero-order valence-corrected chi connectivity index (χ0v) is 16.0. The van der Waals surface area contributed by atoms with E-state index in [0.29, 0.717) is 13.0 Å². The summed E-state index contributed by atoms with van der Waals surface area (Å²) in [5.41, 5.74) is 2.16. The number of hydrogen-bond donors (Lipinski definition) is 1. The topological polar surface area (TPSA) is 75.7 Å². The number of ether oxygens (including phenoxy) is 1. The highest BCUT2D eigenvalue weighted by Crippen LogP contribution is 2.32. The molecule has 1 heterocycles. The lowest BCUT2D eigenvalue weighted by Gasteiger charge is -2.36. The number of nitrogens with one attached hydrogen (secondary N) is 1. The van der Waals surface area contributed by atoms with E-state index in [1.165, 1.54) is 14.0 Å². The van der Waals surface area contributed by atoms with Gasteiger partial charge in [0.2, 0.25) is 11.8 Å². The standard InChI is InChI=1S/C20H28N2O4/c1-13(2)11-17(20(25)26-4)21-19(24)12-18-16-8-6-5-7-15(16)9-10-22(18)14(3)23/h5-8,13,17-18H,9-12H2,1-4H3,(H,21,24). The number of carbonyl (C=O) groups is 3. The van der Waals surface area contributed by atoms with E-state index in [9.17, 15) is 14.4 Å². The molecule has 0 fully saturated rings. The fourth-order valence-electron chi connectivity index (χ4n) is 3.51. The van der Waals surface area contributed by atoms with E-state index in [1.54, 1.807) is 4.90 Å². The van der Waals surface area contributed by atoms with Crippen molar-refractivity contribution in [3.05, 3.63) is 35.4 Å². The van der Waals surface area contributed by atoms with Crippen LogP contribution in [0.15, 0.2) is 24.3 Å². The van der Waals surface area contributed by atoms with E-state index in [2.05, 4.69) is 5.32 Å². The Morgan fingerprint density at radius 3 is 2.58 bits per heavy atom. The average molecular weight is 360 g/mol. The third-order valence-corrected chi connectivity index (χ3v) is 4.72. The molecule has 142 valence electrons. The fraction of sp³-hybridized carbons (Fsp3) is 0.550. The first-order valence-electron chi connectivity index (χ1n) is 9.05. The number of hydrogen-bond acceptors (Lipinski definition) is 4. The maximum Gasteiger partial charge on any atom is 0.328 e. The molecule has 0 saturated heterocycles. The highest BCUT2D eigenvalue weighted by atomic mass is 16.5. The highest BCUT2D eigenvalue weighted by Gasteiger charge is 2.32. The van der Waals surface area contributed by atoms with Crippen LogP contribution >= 0.6 is 0 Å². The summed E-state index contributed by atoms with van der Waals surface area (Å²) in [6, 6.07) is 6.91. The van der Waals surface area contributed by atoms with Crippen LogP contribution in [0.3, 0.4) is 0 Å². The summed E-state index contributed by atoms with van der Waals surface area (Å²) >= 11 is 0. The Morgan fingerprint density at radius 2 is 1.96 bits per heavy atom. The van der Waals surface area contributed by atoms with Crippen molar-refractivity contribution in [1.82, 2.24) is 10.2 Å². The lowest BCUT2D eigenvalue weighted by Crippen LogP contribution is -2.45. The molecule has 2 unspecified atom stereocenters. The molecule has 1 aliphatic heterocycles. The summed E-state index contributed by atoms with van der Waals surface area (Å²) in [6.45, 7) is 6.08. The van der Waals surface area contributed by atoms with E-state index < -0.39 is 12.0 Å². The van der Waals surface area contributed by atoms with Crippen molar-refractivity contribution in [2.24, 2.45) is 5.92 Å². The van der Waals surface area contributed by atoms with E-state index in [0.717, 1.165) is 17.5 Å². The maximum absolute atomic E-state index is 12.6. The second-order valence-corrected chi connectivity index (χ2v) is 7.15. The number of nitrogens with zero attached hydrogens (tertiary/aromatic N) is 1. The third kappa shape index (κ3) is 4.84. The number of rotatable bonds is 6. The van der Waals surface area contributed by atoms with Crippen molar-refractivity contribution < 1.29 is 19.1 Å². The van der Waals surface area contributed by atoms with Crippen molar-refractivity contribution in [3.8, 4) is 0 Å². The first-order chi connectivity index (χ1) is 12.3. The van der Waals surface area contributed by atoms with Gasteiger partial charge in [-0.25, -0.2) is 4.79 Å². The SMILES string of the molecule is COC(=O)C(CC(C)C)NC(=O)CC1c2ccccc2CCN1C(C)=O. The van der Waals surface area contributed by atoms with Crippen molar-refractivity contribution in [2.45, 2.75) is 52.1 Å². The first-order valence-corrected chi connectivity index (χ1v) is 9.05. The lowest BCUT2D eigenvalue weighted by molar-refractivity contribution is -0.146. The molecule has 1 aliphatic rings. The lowest BCUT2D eigenvalue weighted by atomic mass is 9.90. The summed E-state index contributed by atoms with van der Waals surface area (Å²) in [4.78, 5) is 38.4. The van der Waals surface area contributed by atoms with Gasteiger partial charge >= 0.3 is 5.97 Å². The van der Waals surface area contributed by atoms with Gasteiger partial charge in [0, 0.05) is 13.5 Å². The van der Waals surface area contributed by atoms with Gasteiger partial charge in [0.25, 0.3) is 0 Å². The van der Waals surface area contributed by atoms with Crippen LogP contribution in [0.1, 0.15) is 50.8 Å². The number of amides is 2. The molecule has 2 rings (SSSR count). The Balaban J connectivity index is 2.16. The van der Waals surface area contributed by atoms with Gasteiger partial charge in [-0.15, -0.1) is 0 Å². The minimum Gasteiger partial charge on any atom is -0.467 e. The third-order valence-electron chi connectivity index (χ3n) is 4.72. The van der Waals surface area contributed by atoms with Crippen LogP contribution in [0.4, 0.5) is 0 Å². The molecule has 6 nitrogen and oxygen atoms in total. The minimum absolute atomic E-state index is 0.0519. The summed E-state index contributed by atoms with van der Waals surface area (Å²) in [6.07, 6.45) is 1.42. The number of carbonyl (C=O) groups excluding carboxylic acids is 3. The molecule has 2 atom stereocenters. The van der Waals surface area contributed by atoms with Crippen LogP contribution in [0.25, 0.3) is 0 Å². The molecule has 1 aromatic carbocycles. The zero-order chi connectivity index (χ0) is 19.3. The van der Waals surface area contributed by atoms with Gasteiger partial charge in [-0.05, 0) is 29.9 Å². The quantitative estimate of drug-likeness (QED) is 0.790. The van der Waals surface area contributed by atoms with Crippen LogP contribution in [-0.2, 0) is 25.5 Å². The van der Waals surface area contributed by atoms with Crippen LogP contribution in [-0.4, -0.2) is 42.4 Å². The highest BCUT2D eigenvalue weighted by molar-refractivity contribution is 5.85. The van der Waals surface area contributed by atoms with Crippen molar-refractivity contribution in [3.63, 3.8) is 0 Å². The Kier molecular flexibility index (Phi) is 6.77. The predicted molar refractivity (Wildman–Crippen MR) is 98.3 cm³/mol. The Labute approximate surface area is 154 Å². The van der Waals surface area contributed by atoms with Gasteiger partial charge in [-0.2, -0.15) is 0 Å². The molecule has 1 aromatic rings. The molecule has 0 radical (unpaired) electrons. The minimum atomic E-state index is -0.669. The van der Waals surface area contributed by atoms with Crippen molar-refractivity contribution in [2.75, 3.05) is 13.7 Å². The van der Waals surface area contributed by atoms with Crippen molar-refractivity contribution in [1.29, 1.82) is 0 Å². The van der Waals surface area contributed by atoms with Gasteiger partial charge in [0.1, 0.15) is 6.04 Å². The summed E-state index contributed by atoms with van der Waals surface area (Å²) in [7, 11) is 1.32. The second kappa shape index (κ2) is 8.83. The number of benzene rings is 1. The van der Waals surface area contributed by atoms with E-state index in [4.69, 9.17) is 4.74 Å². The molecule has 0 bridgehead atoms. The van der Waals surface area contributed by atoms with E-state index in [-0.39, 0.29) is 30.2 Å². The van der Waals surface area contributed by atoms with Crippen LogP contribution in [0.2, 0.25) is 0 Å². The Morgan fingerprint density at radius 1 is 1.27 bits per heavy atom. The second-order valence-electron chi connectivity index (χ2n) is 7.15. The number of fused-ring (bicyclic) bond motifs is 1. The van der Waals surface area contributed by atoms with E-state index >= 15 is 0 Å². The molecule has 2 amide bonds. The van der Waals surface area contributed by atoms with Crippen molar-refractivity contribution >= 4 is 17.8 Å². The summed E-state index contributed by atoms with van der Waals surface area (Å²) in [5, 5.41) is 2.79. The van der Waals surface area contributed by atoms with Gasteiger partial charge in [0.15, 0.2) is 0 Å².